The topological polar surface area (TPSA) is 96.0 Å². The number of nitrogens with zero attached hydrogens (tertiary/aromatic N) is 2. The molecule has 1 fully saturated rings. The number of aryl methyl sites for hydroxylation is 1. The number of benzene rings is 3. The van der Waals surface area contributed by atoms with Gasteiger partial charge in [0.05, 0.1) is 4.90 Å². The molecule has 194 valence electrons. The van der Waals surface area contributed by atoms with Crippen molar-refractivity contribution in [1.82, 2.24) is 4.31 Å². The molecule has 0 bridgehead atoms. The maximum Gasteiger partial charge on any atom is 0.262 e. The van der Waals surface area contributed by atoms with Gasteiger partial charge in [-0.1, -0.05) is 30.7 Å². The lowest BCUT2D eigenvalue weighted by Crippen LogP contribution is -2.36. The number of rotatable bonds is 8. The highest BCUT2D eigenvalue weighted by molar-refractivity contribution is 7.89. The number of piperidine rings is 1. The third kappa shape index (κ3) is 6.36. The van der Waals surface area contributed by atoms with E-state index in [1.54, 1.807) is 67.4 Å². The summed E-state index contributed by atoms with van der Waals surface area (Å²) in [5.41, 5.74) is 2.31. The lowest BCUT2D eigenvalue weighted by atomic mass is 10.2. The molecule has 0 unspecified atom stereocenters. The first-order valence-corrected chi connectivity index (χ1v) is 13.7. The van der Waals surface area contributed by atoms with Crippen molar-refractivity contribution < 1.29 is 22.7 Å². The van der Waals surface area contributed by atoms with E-state index >= 15 is 0 Å². The lowest BCUT2D eigenvalue weighted by molar-refractivity contribution is -0.118. The summed E-state index contributed by atoms with van der Waals surface area (Å²) in [5.74, 6) is -0.0734. The van der Waals surface area contributed by atoms with Crippen molar-refractivity contribution in [2.45, 2.75) is 31.1 Å². The van der Waals surface area contributed by atoms with E-state index in [-0.39, 0.29) is 17.4 Å². The first kappa shape index (κ1) is 26.4. The Balaban J connectivity index is 1.35. The minimum atomic E-state index is -3.62. The molecule has 3 aromatic rings. The summed E-state index contributed by atoms with van der Waals surface area (Å²) in [5, 5.41) is 2.72. The average Bonchev–Trinajstić information content (AvgIpc) is 2.93. The number of hydrogen-bond donors (Lipinski definition) is 1. The predicted molar refractivity (Wildman–Crippen MR) is 144 cm³/mol. The van der Waals surface area contributed by atoms with Crippen LogP contribution in [0.15, 0.2) is 77.7 Å². The number of nitrogens with one attached hydrogen (secondary N) is 1. The first-order valence-electron chi connectivity index (χ1n) is 12.2. The van der Waals surface area contributed by atoms with Crippen LogP contribution in [0.25, 0.3) is 0 Å². The molecule has 0 aliphatic carbocycles. The van der Waals surface area contributed by atoms with Crippen molar-refractivity contribution in [3.63, 3.8) is 0 Å². The van der Waals surface area contributed by atoms with E-state index in [2.05, 4.69) is 5.32 Å². The largest absolute Gasteiger partial charge is 0.484 e. The van der Waals surface area contributed by atoms with Crippen molar-refractivity contribution in [2.75, 3.05) is 37.0 Å². The van der Waals surface area contributed by atoms with Gasteiger partial charge in [-0.15, -0.1) is 0 Å². The van der Waals surface area contributed by atoms with Gasteiger partial charge in [0.2, 0.25) is 10.0 Å². The summed E-state index contributed by atoms with van der Waals surface area (Å²) in [4.78, 5) is 26.9. The molecule has 8 nitrogen and oxygen atoms in total. The second-order valence-corrected chi connectivity index (χ2v) is 10.9. The van der Waals surface area contributed by atoms with Gasteiger partial charge in [-0.25, -0.2) is 8.42 Å². The molecular formula is C28H31N3O5S. The number of carbonyl (C=O) groups is 2. The first-order chi connectivity index (χ1) is 17.8. The smallest absolute Gasteiger partial charge is 0.262 e. The fourth-order valence-corrected chi connectivity index (χ4v) is 5.97. The Labute approximate surface area is 217 Å². The second-order valence-electron chi connectivity index (χ2n) is 9.01. The Bertz CT molecular complexity index is 1350. The highest BCUT2D eigenvalue weighted by atomic mass is 32.2. The Morgan fingerprint density at radius 3 is 2.30 bits per heavy atom. The molecule has 2 amide bonds. The van der Waals surface area contributed by atoms with Crippen LogP contribution in [0.4, 0.5) is 11.4 Å². The molecule has 4 rings (SSSR count). The standard InChI is InChI=1S/C28H31N3O5S/c1-21-11-12-23(19-26(21)37(34,35)31-17-7-4-8-18-31)29-27(32)20-36-25-15-13-24(14-16-25)30(2)28(33)22-9-5-3-6-10-22/h3,5-6,9-16,19H,4,7-8,17-18,20H2,1-2H3,(H,29,32). The molecule has 0 saturated carbocycles. The predicted octanol–water partition coefficient (Wildman–Crippen LogP) is 4.46. The minimum absolute atomic E-state index is 0.131. The summed E-state index contributed by atoms with van der Waals surface area (Å²) in [6, 6.07) is 20.7. The quantitative estimate of drug-likeness (QED) is 0.472. The van der Waals surface area contributed by atoms with Crippen LogP contribution in [0.3, 0.4) is 0 Å². The molecule has 0 radical (unpaired) electrons. The fourth-order valence-electron chi connectivity index (χ4n) is 4.20. The summed E-state index contributed by atoms with van der Waals surface area (Å²) in [6.45, 7) is 2.53. The number of carbonyl (C=O) groups excluding carboxylic acids is 2. The van der Waals surface area contributed by atoms with Gasteiger partial charge in [0.25, 0.3) is 11.8 Å². The van der Waals surface area contributed by atoms with Crippen molar-refractivity contribution in [3.8, 4) is 5.75 Å². The third-order valence-electron chi connectivity index (χ3n) is 6.32. The Morgan fingerprint density at radius 2 is 1.62 bits per heavy atom. The van der Waals surface area contributed by atoms with Gasteiger partial charge in [-0.2, -0.15) is 4.31 Å². The molecule has 1 N–H and O–H groups in total. The van der Waals surface area contributed by atoms with Gasteiger partial charge in [-0.3, -0.25) is 9.59 Å². The van der Waals surface area contributed by atoms with Gasteiger partial charge < -0.3 is 15.0 Å². The van der Waals surface area contributed by atoms with Crippen LogP contribution in [0.5, 0.6) is 5.75 Å². The maximum absolute atomic E-state index is 13.1. The van der Waals surface area contributed by atoms with Crippen LogP contribution in [-0.4, -0.2) is 51.3 Å². The van der Waals surface area contributed by atoms with Crippen LogP contribution in [0, 0.1) is 6.92 Å². The van der Waals surface area contributed by atoms with Crippen molar-refractivity contribution >= 4 is 33.2 Å². The van der Waals surface area contributed by atoms with Crippen LogP contribution in [0.2, 0.25) is 0 Å². The molecule has 1 heterocycles. The maximum atomic E-state index is 13.1. The van der Waals surface area contributed by atoms with Crippen molar-refractivity contribution in [3.05, 3.63) is 83.9 Å². The minimum Gasteiger partial charge on any atom is -0.484 e. The fraction of sp³-hybridized carbons (Fsp3) is 0.286. The van der Waals surface area contributed by atoms with E-state index < -0.39 is 15.9 Å². The zero-order valence-electron chi connectivity index (χ0n) is 21.0. The molecule has 1 aliphatic heterocycles. The van der Waals surface area contributed by atoms with Crippen LogP contribution in [-0.2, 0) is 14.8 Å². The Hall–Kier alpha value is -3.69. The Kier molecular flexibility index (Phi) is 8.25. The SMILES string of the molecule is Cc1ccc(NC(=O)COc2ccc(N(C)C(=O)c3ccccc3)cc2)cc1S(=O)(=O)N1CCCCC1. The molecule has 0 aromatic heterocycles. The average molecular weight is 522 g/mol. The van der Waals surface area contributed by atoms with Gasteiger partial charge in [0.1, 0.15) is 5.75 Å². The van der Waals surface area contributed by atoms with E-state index in [1.165, 1.54) is 10.4 Å². The number of ether oxygens (including phenoxy) is 1. The summed E-state index contributed by atoms with van der Waals surface area (Å²) < 4.78 is 33.3. The van der Waals surface area contributed by atoms with Crippen molar-refractivity contribution in [2.24, 2.45) is 0 Å². The number of sulfonamides is 1. The zero-order chi connectivity index (χ0) is 26.4. The summed E-state index contributed by atoms with van der Waals surface area (Å²) in [7, 11) is -1.92. The highest BCUT2D eigenvalue weighted by Gasteiger charge is 2.27. The normalized spacial score (nSPS) is 14.1. The van der Waals surface area contributed by atoms with Gasteiger partial charge in [0, 0.05) is 37.1 Å². The highest BCUT2D eigenvalue weighted by Crippen LogP contribution is 2.26. The van der Waals surface area contributed by atoms with Crippen LogP contribution >= 0.6 is 0 Å². The van der Waals surface area contributed by atoms with E-state index in [1.807, 2.05) is 18.2 Å². The number of amides is 2. The number of hydrogen-bond acceptors (Lipinski definition) is 5. The molecule has 0 atom stereocenters. The molecule has 1 saturated heterocycles. The molecule has 3 aromatic carbocycles. The second kappa shape index (κ2) is 11.6. The van der Waals surface area contributed by atoms with E-state index in [0.29, 0.717) is 41.3 Å². The van der Waals surface area contributed by atoms with E-state index in [0.717, 1.165) is 19.3 Å². The third-order valence-corrected chi connectivity index (χ3v) is 8.36. The summed E-state index contributed by atoms with van der Waals surface area (Å²) in [6.07, 6.45) is 2.74. The molecule has 9 heteroatoms. The molecule has 0 spiro atoms. The lowest BCUT2D eigenvalue weighted by Gasteiger charge is -2.26. The monoisotopic (exact) mass is 521 g/mol. The van der Waals surface area contributed by atoms with Gasteiger partial charge in [0.15, 0.2) is 6.61 Å². The van der Waals surface area contributed by atoms with Gasteiger partial charge >= 0.3 is 0 Å². The molecule has 37 heavy (non-hydrogen) atoms. The van der Waals surface area contributed by atoms with Crippen LogP contribution < -0.4 is 15.0 Å². The molecular weight excluding hydrogens is 490 g/mol. The molecule has 1 aliphatic rings. The summed E-state index contributed by atoms with van der Waals surface area (Å²) >= 11 is 0. The zero-order valence-corrected chi connectivity index (χ0v) is 21.8. The van der Waals surface area contributed by atoms with E-state index in [9.17, 15) is 18.0 Å². The van der Waals surface area contributed by atoms with E-state index in [4.69, 9.17) is 4.74 Å². The van der Waals surface area contributed by atoms with Crippen LogP contribution in [0.1, 0.15) is 35.2 Å². The Morgan fingerprint density at radius 1 is 0.946 bits per heavy atom. The van der Waals surface area contributed by atoms with Gasteiger partial charge in [-0.05, 0) is 73.9 Å². The number of anilines is 2. The van der Waals surface area contributed by atoms with Crippen molar-refractivity contribution in [1.29, 1.82) is 0 Å².